The number of hydrogen-bond donors (Lipinski definition) is 6. The van der Waals surface area contributed by atoms with Crippen molar-refractivity contribution in [2.45, 2.75) is 43.2 Å². The van der Waals surface area contributed by atoms with Gasteiger partial charge in [0.25, 0.3) is 34.8 Å². The summed E-state index contributed by atoms with van der Waals surface area (Å²) in [6.07, 6.45) is 35.2. The molecule has 35 nitrogen and oxygen atoms in total. The number of aromatic amines is 1. The second-order valence-corrected chi connectivity index (χ2v) is 30.4. The van der Waals surface area contributed by atoms with Gasteiger partial charge in [0.15, 0.2) is 5.82 Å². The van der Waals surface area contributed by atoms with Crippen LogP contribution in [0.25, 0.3) is 88.2 Å². The van der Waals surface area contributed by atoms with Gasteiger partial charge < -0.3 is 63.7 Å². The third-order valence-electron chi connectivity index (χ3n) is 22.4. The molecule has 4 amide bonds. The number of nitrogens with zero attached hydrogens (tertiary/aromatic N) is 18. The monoisotopic (exact) mass is 1810 g/mol. The van der Waals surface area contributed by atoms with Gasteiger partial charge in [-0.2, -0.15) is 20.4 Å². The Balaban J connectivity index is 0.000000126. The van der Waals surface area contributed by atoms with Crippen LogP contribution in [0, 0.1) is 20.8 Å². The van der Waals surface area contributed by atoms with E-state index in [1.807, 2.05) is 160 Å². The summed E-state index contributed by atoms with van der Waals surface area (Å²) in [7, 11) is 5.80. The molecule has 4 aromatic carbocycles. The van der Waals surface area contributed by atoms with Crippen molar-refractivity contribution in [1.82, 2.24) is 95.3 Å². The topological polar surface area (TPSA) is 461 Å². The summed E-state index contributed by atoms with van der Waals surface area (Å²) in [5.74, 6) is -1.39. The first-order chi connectivity index (χ1) is 66.5. The zero-order chi connectivity index (χ0) is 94.2. The number of aryl methyl sites for hydroxylation is 1. The van der Waals surface area contributed by atoms with Crippen LogP contribution in [-0.4, -0.2) is 153 Å². The van der Waals surface area contributed by atoms with Crippen molar-refractivity contribution < 1.29 is 56.6 Å². The number of aliphatic hydroxyl groups is 1. The van der Waals surface area contributed by atoms with E-state index in [4.69, 9.17) is 37.3 Å². The Kier molecular flexibility index (Phi) is 26.5. The number of hydrogen-bond acceptors (Lipinski definition) is 30. The lowest BCUT2D eigenvalue weighted by Gasteiger charge is -2.30. The Bertz CT molecular complexity index is 7390. The zero-order valence-corrected chi connectivity index (χ0v) is 73.7. The maximum absolute atomic E-state index is 13.8. The third kappa shape index (κ3) is 17.8. The van der Waals surface area contributed by atoms with Crippen LogP contribution in [0.2, 0.25) is 0 Å². The van der Waals surface area contributed by atoms with Crippen LogP contribution in [-0.2, 0) is 55.8 Å². The van der Waals surface area contributed by atoms with Gasteiger partial charge >= 0.3 is 0 Å². The Morgan fingerprint density at radius 2 is 0.956 bits per heavy atom. The number of oxazole rings is 2. The molecule has 0 aliphatic heterocycles. The maximum atomic E-state index is 13.8. The molecule has 4 atom stereocenters. The van der Waals surface area contributed by atoms with Crippen LogP contribution in [0.15, 0.2) is 344 Å². The molecule has 672 valence electrons. The Morgan fingerprint density at radius 1 is 0.404 bits per heavy atom. The summed E-state index contributed by atoms with van der Waals surface area (Å²) < 4.78 is 38.4. The summed E-state index contributed by atoms with van der Waals surface area (Å²) >= 11 is 0. The van der Waals surface area contributed by atoms with Crippen LogP contribution >= 0.6 is 0 Å². The Morgan fingerprint density at radius 3 is 1.56 bits per heavy atom. The van der Waals surface area contributed by atoms with Gasteiger partial charge in [0, 0.05) is 174 Å². The molecule has 6 N–H and O–H groups in total. The highest BCUT2D eigenvalue weighted by Gasteiger charge is 2.51. The number of nitrogens with one attached hydrogen (secondary N) is 5. The number of ether oxygens (including phenoxy) is 4. The van der Waals surface area contributed by atoms with Gasteiger partial charge in [0.1, 0.15) is 30.3 Å². The van der Waals surface area contributed by atoms with E-state index >= 15 is 0 Å². The number of fused-ring (bicyclic) bond motifs is 4. The predicted octanol–water partition coefficient (Wildman–Crippen LogP) is 15.6. The fourth-order valence-electron chi connectivity index (χ4n) is 15.7. The molecule has 20 rings (SSSR count). The highest BCUT2D eigenvalue weighted by atomic mass is 16.5. The van der Waals surface area contributed by atoms with E-state index in [0.29, 0.717) is 62.5 Å². The Hall–Kier alpha value is -18.1. The van der Waals surface area contributed by atoms with Gasteiger partial charge in [-0.1, -0.05) is 114 Å². The molecule has 0 spiro atoms. The van der Waals surface area contributed by atoms with Crippen molar-refractivity contribution in [3.63, 3.8) is 0 Å². The minimum absolute atomic E-state index is 0.0154. The molecule has 35 heteroatoms. The quantitative estimate of drug-likeness (QED) is 0.0327. The fraction of sp³-hybridized carbons (Fsp3) is 0.109. The lowest BCUT2D eigenvalue weighted by Crippen LogP contribution is -2.44. The van der Waals surface area contributed by atoms with E-state index in [1.165, 1.54) is 71.9 Å². The number of pyridine rings is 10. The molecule has 16 heterocycles. The average Bonchev–Trinajstić information content (AvgIpc) is 1.38. The highest BCUT2D eigenvalue weighted by molar-refractivity contribution is 6.05. The second-order valence-electron chi connectivity index (χ2n) is 30.4. The molecule has 0 radical (unpaired) electrons. The van der Waals surface area contributed by atoms with Crippen molar-refractivity contribution in [2.75, 3.05) is 49.7 Å². The van der Waals surface area contributed by atoms with Crippen molar-refractivity contribution in [1.29, 1.82) is 0 Å². The van der Waals surface area contributed by atoms with Gasteiger partial charge in [0.05, 0.1) is 107 Å². The maximum Gasteiger partial charge on any atom is 0.272 e. The van der Waals surface area contributed by atoms with Crippen molar-refractivity contribution in [2.24, 2.45) is 0 Å². The van der Waals surface area contributed by atoms with Crippen molar-refractivity contribution >= 4 is 90.1 Å². The van der Waals surface area contributed by atoms with Crippen LogP contribution in [0.1, 0.15) is 62.5 Å². The molecule has 0 aliphatic carbocycles. The molecule has 0 saturated carbocycles. The number of carbonyl (C=O) groups excluding carboxylic acids is 4. The van der Waals surface area contributed by atoms with Crippen LogP contribution in [0.5, 0.6) is 5.88 Å². The average molecular weight is 1810 g/mol. The summed E-state index contributed by atoms with van der Waals surface area (Å²) in [4.78, 5) is 114. The summed E-state index contributed by atoms with van der Waals surface area (Å²) in [5, 5.41) is 47.4. The first kappa shape index (κ1) is 89.9. The van der Waals surface area contributed by atoms with E-state index in [-0.39, 0.29) is 23.4 Å². The van der Waals surface area contributed by atoms with E-state index in [2.05, 4.69) is 112 Å². The van der Waals surface area contributed by atoms with Gasteiger partial charge in [-0.25, -0.2) is 24.9 Å². The molecule has 16 aromatic heterocycles. The summed E-state index contributed by atoms with van der Waals surface area (Å²) in [6, 6.07) is 58.4. The standard InChI is InChI=1S/C26H22N6O2.C26H21N5O3.C25H20N6O3.C24H18N6O4/c1-17-20(21-15-30-32-22-11-7-6-10-19(21)22)14-27-16-23(17)31-25(33)26(34-2,24-28-12-13-29-24)18-8-4-3-5-9-18;1-17-14-22(20-16-27-30-21-11-7-6-10-19(20)21)28-24(15-17)29-25(32)26(33-2,23-12-13-34-31-23)18-8-4-3-5-9-18;1-16-18(19-14-26-12-17-6-5-9-29-22(17)19)13-27-15-20(16)31-23(32)25(33-2,24-30-10-11-34-24)21-7-3-4-8-28-21;1-33-20-6-2-5-19(30-20)24(32,23-28-8-9-34-23)22(31)29-17-10-16(12-25-13-17)18-14-26-11-15-4-3-7-27-21(15)18/h3-16H,1-2H3,(H,28,29)(H,31,33);3-16H,1-2H3,(H,28,29,32);3-15H,1-2H3,(H,31,32);2-14,32H,1H3,(H,29,31)/t2*26-;25-;24-/m1100/s1. The number of rotatable bonds is 24. The fourth-order valence-corrected chi connectivity index (χ4v) is 15.7. The first-order valence-corrected chi connectivity index (χ1v) is 42.0. The number of imidazole rings is 1. The number of carbonyl (C=O) groups is 4. The van der Waals surface area contributed by atoms with Gasteiger partial charge in [-0.15, -0.1) is 0 Å². The van der Waals surface area contributed by atoms with Gasteiger partial charge in [0.2, 0.25) is 28.9 Å². The minimum Gasteiger partial charge on any atom is -0.481 e. The molecule has 0 saturated heterocycles. The zero-order valence-electron chi connectivity index (χ0n) is 73.7. The van der Waals surface area contributed by atoms with Gasteiger partial charge in [-0.05, 0) is 116 Å². The van der Waals surface area contributed by atoms with Gasteiger partial charge in [-0.3, -0.25) is 59.0 Å². The molecule has 0 bridgehead atoms. The summed E-state index contributed by atoms with van der Waals surface area (Å²) in [5.41, 5.74) is 8.23. The van der Waals surface area contributed by atoms with Crippen molar-refractivity contribution in [3.05, 3.63) is 393 Å². The highest BCUT2D eigenvalue weighted by Crippen LogP contribution is 2.42. The second kappa shape index (κ2) is 40.1. The number of H-pyrrole nitrogens is 1. The molecule has 0 fully saturated rings. The lowest BCUT2D eigenvalue weighted by atomic mass is 9.89. The van der Waals surface area contributed by atoms with Crippen LogP contribution < -0.4 is 26.0 Å². The molecular weight excluding hydrogens is 1730 g/mol. The number of amides is 4. The normalized spacial score (nSPS) is 12.9. The number of anilines is 4. The number of aromatic nitrogens is 19. The lowest BCUT2D eigenvalue weighted by molar-refractivity contribution is -0.137. The largest absolute Gasteiger partial charge is 0.481 e. The smallest absolute Gasteiger partial charge is 0.272 e. The number of benzene rings is 4. The van der Waals surface area contributed by atoms with E-state index < -0.39 is 46.0 Å². The molecule has 0 unspecified atom stereocenters. The minimum atomic E-state index is -2.32. The predicted molar refractivity (Wildman–Crippen MR) is 502 cm³/mol. The third-order valence-corrected chi connectivity index (χ3v) is 22.4. The Labute approximate surface area is 774 Å². The molecule has 20 aromatic rings. The first-order valence-electron chi connectivity index (χ1n) is 42.0. The molecular formula is C101H81N23O12. The van der Waals surface area contributed by atoms with Crippen LogP contribution in [0.4, 0.5) is 22.9 Å². The SMILES string of the molecule is CO[C@](C(=O)Nc1cc(C)cc(-c2cnnc3ccccc23)n1)(c1ccccc1)c1ccon1.CO[C@](C(=O)Nc1cncc(-c2cncc3cccnc23)c1C)(c1ccccn1)c1ncco1.CO[C@](C(=O)Nc1cncc(-c2cnnc3ccccc23)c1C)(c1ccccc1)c1ncc[nH]1.COc1cccc([C@](O)(C(=O)Nc2cncc(-c3cncc4cccnc34)c2)c2ncco2)n1. The summed E-state index contributed by atoms with van der Waals surface area (Å²) in [6.45, 7) is 5.77. The van der Waals surface area contributed by atoms with Crippen molar-refractivity contribution in [3.8, 4) is 50.5 Å². The van der Waals surface area contributed by atoms with Crippen LogP contribution in [0.3, 0.4) is 0 Å². The van der Waals surface area contributed by atoms with E-state index in [9.17, 15) is 24.3 Å². The number of methoxy groups -OCH3 is 4. The van der Waals surface area contributed by atoms with E-state index in [1.54, 1.807) is 148 Å². The molecule has 0 aliphatic rings. The molecule has 136 heavy (non-hydrogen) atoms. The van der Waals surface area contributed by atoms with E-state index in [0.717, 1.165) is 93.7 Å².